The van der Waals surface area contributed by atoms with Crippen LogP contribution in [-0.4, -0.2) is 70.0 Å². The van der Waals surface area contributed by atoms with E-state index < -0.39 is 26.5 Å². The van der Waals surface area contributed by atoms with Crippen LogP contribution in [0.1, 0.15) is 348 Å². The van der Waals surface area contributed by atoms with Gasteiger partial charge in [-0.1, -0.05) is 348 Å². The van der Waals surface area contributed by atoms with E-state index in [1.807, 2.05) is 21.1 Å². The third-order valence-corrected chi connectivity index (χ3v) is 17.8. The molecule has 0 rings (SSSR count). The average Bonchev–Trinajstić information content (AvgIpc) is 2.34. The Hall–Kier alpha value is -3.33. The largest absolute Gasteiger partial charge is 0.756 e. The number of carbonyl (C=O) groups is 2. The summed E-state index contributed by atoms with van der Waals surface area (Å²) in [6.45, 7) is 4.06. The number of esters is 2. The number of phosphoric acid groups is 1. The van der Waals surface area contributed by atoms with Gasteiger partial charge >= 0.3 is 11.9 Å². The van der Waals surface area contributed by atoms with Gasteiger partial charge in [0.1, 0.15) is 19.8 Å². The summed E-state index contributed by atoms with van der Waals surface area (Å²) in [6.07, 6.45) is 102. The molecule has 0 spiro atoms. The molecule has 0 aromatic heterocycles. The molecule has 0 aromatic rings. The minimum Gasteiger partial charge on any atom is -0.756 e. The van der Waals surface area contributed by atoms with E-state index in [0.717, 1.165) is 96.3 Å². The van der Waals surface area contributed by atoms with Gasteiger partial charge in [-0.15, -0.1) is 0 Å². The van der Waals surface area contributed by atoms with Gasteiger partial charge in [0.2, 0.25) is 0 Å². The van der Waals surface area contributed by atoms with Crippen LogP contribution in [0.4, 0.5) is 0 Å². The second-order valence-electron chi connectivity index (χ2n) is 27.0. The topological polar surface area (TPSA) is 111 Å². The molecule has 0 bridgehead atoms. The van der Waals surface area contributed by atoms with E-state index in [9.17, 15) is 19.0 Å². The number of ether oxygens (including phenoxy) is 2. The first-order valence-corrected chi connectivity index (χ1v) is 40.1. The Morgan fingerprint density at radius 3 is 0.870 bits per heavy atom. The van der Waals surface area contributed by atoms with Crippen molar-refractivity contribution in [3.05, 3.63) is 109 Å². The van der Waals surface area contributed by atoms with Crippen LogP contribution in [0.3, 0.4) is 0 Å². The van der Waals surface area contributed by atoms with E-state index in [-0.39, 0.29) is 32.0 Å². The number of unbranched alkanes of at least 4 members (excludes halogenated alkanes) is 39. The van der Waals surface area contributed by atoms with E-state index in [4.69, 9.17) is 18.5 Å². The number of hydrogen-bond donors (Lipinski definition) is 0. The van der Waals surface area contributed by atoms with Crippen molar-refractivity contribution in [3.8, 4) is 0 Å². The Labute approximate surface area is 569 Å². The van der Waals surface area contributed by atoms with E-state index in [2.05, 4.69) is 123 Å². The van der Waals surface area contributed by atoms with Crippen LogP contribution in [0.5, 0.6) is 0 Å². The number of allylic oxidation sites excluding steroid dienone is 18. The van der Waals surface area contributed by atoms with Crippen molar-refractivity contribution in [2.24, 2.45) is 0 Å². The third-order valence-electron chi connectivity index (χ3n) is 16.8. The Morgan fingerprint density at radius 1 is 0.337 bits per heavy atom. The highest BCUT2D eigenvalue weighted by atomic mass is 31.2. The van der Waals surface area contributed by atoms with Gasteiger partial charge in [-0.3, -0.25) is 14.2 Å². The van der Waals surface area contributed by atoms with Crippen LogP contribution in [0.15, 0.2) is 109 Å². The Kier molecular flexibility index (Phi) is 69.3. The van der Waals surface area contributed by atoms with Gasteiger partial charge in [-0.05, 0) is 96.3 Å². The maximum atomic E-state index is 12.9. The van der Waals surface area contributed by atoms with Crippen molar-refractivity contribution >= 4 is 19.8 Å². The first-order valence-electron chi connectivity index (χ1n) is 38.6. The second-order valence-corrected chi connectivity index (χ2v) is 28.4. The highest BCUT2D eigenvalue weighted by molar-refractivity contribution is 7.45. The minimum atomic E-state index is -4.65. The van der Waals surface area contributed by atoms with Crippen LogP contribution in [0, 0.1) is 0 Å². The molecule has 10 heteroatoms. The number of rotatable bonds is 71. The molecule has 0 saturated heterocycles. The molecule has 2 unspecified atom stereocenters. The highest BCUT2D eigenvalue weighted by Gasteiger charge is 2.22. The van der Waals surface area contributed by atoms with Gasteiger partial charge in [-0.2, -0.15) is 0 Å². The van der Waals surface area contributed by atoms with Crippen LogP contribution < -0.4 is 4.89 Å². The summed E-state index contributed by atoms with van der Waals surface area (Å²) in [4.78, 5) is 38.2. The fourth-order valence-electron chi connectivity index (χ4n) is 11.0. The Morgan fingerprint density at radius 2 is 0.587 bits per heavy atom. The predicted octanol–water partition coefficient (Wildman–Crippen LogP) is 25.0. The molecule has 0 heterocycles. The summed E-state index contributed by atoms with van der Waals surface area (Å²) in [6, 6.07) is 0. The lowest BCUT2D eigenvalue weighted by Crippen LogP contribution is -2.37. The van der Waals surface area contributed by atoms with E-state index in [0.29, 0.717) is 17.4 Å². The lowest BCUT2D eigenvalue weighted by molar-refractivity contribution is -0.870. The zero-order valence-electron chi connectivity index (χ0n) is 60.7. The molecule has 0 amide bonds. The standard InChI is InChI=1S/C82H146NO8P/c1-6-8-10-12-14-16-18-20-22-24-26-28-30-32-34-36-38-39-40-41-42-43-45-47-49-51-53-55-57-59-61-63-65-67-69-71-73-75-82(85)91-80(79-90-92(86,87)89-77-76-83(3,4)5)78-88-81(84)74-72-70-68-66-64-62-60-58-56-54-52-50-48-46-44-37-35-33-31-29-27-25-23-21-19-17-15-13-11-9-7-2/h8-11,14-17,20-23,26-29,32,34,80H,6-7,12-13,18-19,24-25,30-31,33,35-79H2,1-5H3/b10-8-,11-9-,16-14-,17-15-,22-20-,23-21-,28-26-,29-27-,34-32-. The molecule has 92 heavy (non-hydrogen) atoms. The normalized spacial score (nSPS) is 13.7. The van der Waals surface area contributed by atoms with Crippen molar-refractivity contribution in [3.63, 3.8) is 0 Å². The number of carbonyl (C=O) groups excluding carboxylic acids is 2. The molecule has 0 aromatic carbocycles. The quantitative estimate of drug-likeness (QED) is 0.0195. The first-order chi connectivity index (χ1) is 45.0. The predicted molar refractivity (Wildman–Crippen MR) is 397 cm³/mol. The fraction of sp³-hybridized carbons (Fsp3) is 0.756. The molecule has 0 aliphatic rings. The monoisotopic (exact) mass is 1300 g/mol. The molecule has 0 saturated carbocycles. The zero-order chi connectivity index (χ0) is 66.9. The van der Waals surface area contributed by atoms with Crippen molar-refractivity contribution in [1.82, 2.24) is 0 Å². The van der Waals surface area contributed by atoms with Crippen molar-refractivity contribution in [2.45, 2.75) is 354 Å². The fourth-order valence-corrected chi connectivity index (χ4v) is 11.7. The summed E-state index contributed by atoms with van der Waals surface area (Å²) in [5.74, 6) is -0.818. The highest BCUT2D eigenvalue weighted by Crippen LogP contribution is 2.38. The van der Waals surface area contributed by atoms with Gasteiger partial charge in [0.15, 0.2) is 6.10 Å². The molecule has 0 radical (unpaired) electrons. The number of nitrogens with zero attached hydrogens (tertiary/aromatic N) is 1. The maximum absolute atomic E-state index is 12.9. The lowest BCUT2D eigenvalue weighted by atomic mass is 10.0. The number of likely N-dealkylation sites (N-methyl/N-ethyl adjacent to an activating group) is 1. The smallest absolute Gasteiger partial charge is 0.306 e. The minimum absolute atomic E-state index is 0.0315. The van der Waals surface area contributed by atoms with Crippen molar-refractivity contribution in [2.75, 3.05) is 47.5 Å². The Balaban J connectivity index is 3.95. The number of quaternary nitrogens is 1. The van der Waals surface area contributed by atoms with Gasteiger partial charge in [0.05, 0.1) is 27.7 Å². The molecular weight excluding hydrogens is 1160 g/mol. The van der Waals surface area contributed by atoms with Gasteiger partial charge in [-0.25, -0.2) is 0 Å². The summed E-state index contributed by atoms with van der Waals surface area (Å²) >= 11 is 0. The first kappa shape index (κ1) is 88.7. The molecule has 532 valence electrons. The second kappa shape index (κ2) is 72.0. The molecule has 0 N–H and O–H groups in total. The number of phosphoric ester groups is 1. The molecular formula is C82H146NO8P. The van der Waals surface area contributed by atoms with Gasteiger partial charge < -0.3 is 27.9 Å². The van der Waals surface area contributed by atoms with Crippen LogP contribution >= 0.6 is 7.82 Å². The lowest BCUT2D eigenvalue weighted by Gasteiger charge is -2.28. The van der Waals surface area contributed by atoms with E-state index in [1.54, 1.807) is 0 Å². The molecule has 0 aliphatic heterocycles. The SMILES string of the molecule is CC/C=C\C/C=C\C/C=C\C/C=C\C/C=C\CCCCCCCCCCCCCCCCCCCCCCCC(=O)OC(COC(=O)CCCCCCCCCCCCCCCCCCCC/C=C\C/C=C\C/C=C\C/C=C\CC)COP(=O)([O-])OCC[N+](C)(C)C. The van der Waals surface area contributed by atoms with Gasteiger partial charge in [0.25, 0.3) is 7.82 Å². The number of hydrogen-bond acceptors (Lipinski definition) is 8. The maximum Gasteiger partial charge on any atom is 0.306 e. The van der Waals surface area contributed by atoms with Crippen molar-refractivity contribution < 1.29 is 42.1 Å². The van der Waals surface area contributed by atoms with Crippen molar-refractivity contribution in [1.29, 1.82) is 0 Å². The summed E-state index contributed by atoms with van der Waals surface area (Å²) in [7, 11) is 1.18. The van der Waals surface area contributed by atoms with Crippen LogP contribution in [-0.2, 0) is 32.7 Å². The van der Waals surface area contributed by atoms with Gasteiger partial charge in [0, 0.05) is 12.8 Å². The molecule has 0 aliphatic carbocycles. The molecule has 0 fully saturated rings. The van der Waals surface area contributed by atoms with Crippen LogP contribution in [0.25, 0.3) is 0 Å². The third kappa shape index (κ3) is 75.7. The van der Waals surface area contributed by atoms with Crippen LogP contribution in [0.2, 0.25) is 0 Å². The summed E-state index contributed by atoms with van der Waals surface area (Å²) < 4.78 is 34.4. The Bertz CT molecular complexity index is 1920. The molecule has 9 nitrogen and oxygen atoms in total. The molecule has 2 atom stereocenters. The summed E-state index contributed by atoms with van der Waals surface area (Å²) in [5, 5.41) is 0. The van der Waals surface area contributed by atoms with E-state index >= 15 is 0 Å². The van der Waals surface area contributed by atoms with E-state index in [1.165, 1.54) is 218 Å². The average molecular weight is 1310 g/mol. The summed E-state index contributed by atoms with van der Waals surface area (Å²) in [5.41, 5.74) is 0. The zero-order valence-corrected chi connectivity index (χ0v) is 61.6.